The number of benzene rings is 1. The van der Waals surface area contributed by atoms with Gasteiger partial charge in [-0.3, -0.25) is 0 Å². The SMILES string of the molecule is CCOc1ccc(C(O)C=O)cc1OCC. The molecule has 0 saturated carbocycles. The van der Waals surface area contributed by atoms with E-state index in [9.17, 15) is 9.90 Å². The van der Waals surface area contributed by atoms with Gasteiger partial charge >= 0.3 is 0 Å². The Hall–Kier alpha value is -1.55. The van der Waals surface area contributed by atoms with Crippen LogP contribution < -0.4 is 9.47 Å². The standard InChI is InChI=1S/C12H16O4/c1-3-15-11-6-5-9(10(14)8-13)7-12(11)16-4-2/h5-8,10,14H,3-4H2,1-2H3. The highest BCUT2D eigenvalue weighted by Crippen LogP contribution is 2.30. The van der Waals surface area contributed by atoms with E-state index in [0.29, 0.717) is 36.6 Å². The summed E-state index contributed by atoms with van der Waals surface area (Å²) in [6, 6.07) is 4.96. The second-order valence-corrected chi connectivity index (χ2v) is 3.15. The summed E-state index contributed by atoms with van der Waals surface area (Å²) in [5.41, 5.74) is 0.502. The first-order valence-corrected chi connectivity index (χ1v) is 5.25. The van der Waals surface area contributed by atoms with E-state index in [-0.39, 0.29) is 0 Å². The van der Waals surface area contributed by atoms with Crippen LogP contribution in [-0.2, 0) is 4.79 Å². The molecule has 0 aliphatic heterocycles. The molecule has 0 aliphatic rings. The van der Waals surface area contributed by atoms with Crippen LogP contribution in [0.3, 0.4) is 0 Å². The van der Waals surface area contributed by atoms with Gasteiger partial charge in [0.05, 0.1) is 13.2 Å². The van der Waals surface area contributed by atoms with Crippen molar-refractivity contribution in [3.8, 4) is 11.5 Å². The van der Waals surface area contributed by atoms with E-state index in [1.807, 2.05) is 13.8 Å². The normalized spacial score (nSPS) is 11.9. The van der Waals surface area contributed by atoms with Crippen molar-refractivity contribution >= 4 is 6.29 Å². The summed E-state index contributed by atoms with van der Waals surface area (Å²) in [5.74, 6) is 1.16. The lowest BCUT2D eigenvalue weighted by Crippen LogP contribution is -2.02. The average Bonchev–Trinajstić information content (AvgIpc) is 2.31. The fourth-order valence-electron chi connectivity index (χ4n) is 1.33. The molecule has 0 saturated heterocycles. The molecule has 1 atom stereocenters. The molecule has 0 aromatic heterocycles. The van der Waals surface area contributed by atoms with Crippen LogP contribution in [0.4, 0.5) is 0 Å². The summed E-state index contributed by atoms with van der Waals surface area (Å²) in [6.45, 7) is 4.78. The van der Waals surface area contributed by atoms with Crippen LogP contribution in [0, 0.1) is 0 Å². The van der Waals surface area contributed by atoms with Gasteiger partial charge in [0.15, 0.2) is 17.8 Å². The highest BCUT2D eigenvalue weighted by atomic mass is 16.5. The van der Waals surface area contributed by atoms with Gasteiger partial charge in [-0.15, -0.1) is 0 Å². The predicted molar refractivity (Wildman–Crippen MR) is 59.8 cm³/mol. The molecule has 0 heterocycles. The maximum absolute atomic E-state index is 10.5. The molecule has 1 rings (SSSR count). The number of ether oxygens (including phenoxy) is 2. The molecule has 0 fully saturated rings. The molecular weight excluding hydrogens is 208 g/mol. The third kappa shape index (κ3) is 2.97. The molecule has 4 nitrogen and oxygen atoms in total. The molecule has 0 bridgehead atoms. The lowest BCUT2D eigenvalue weighted by atomic mass is 10.1. The lowest BCUT2D eigenvalue weighted by Gasteiger charge is -2.13. The summed E-state index contributed by atoms with van der Waals surface area (Å²) in [4.78, 5) is 10.5. The fraction of sp³-hybridized carbons (Fsp3) is 0.417. The second kappa shape index (κ2) is 6.12. The van der Waals surface area contributed by atoms with Gasteiger partial charge in [-0.1, -0.05) is 6.07 Å². The Labute approximate surface area is 94.8 Å². The molecule has 1 aromatic rings. The van der Waals surface area contributed by atoms with Gasteiger partial charge in [-0.25, -0.2) is 0 Å². The van der Waals surface area contributed by atoms with Crippen LogP contribution in [0.25, 0.3) is 0 Å². The average molecular weight is 224 g/mol. The van der Waals surface area contributed by atoms with E-state index >= 15 is 0 Å². The summed E-state index contributed by atoms with van der Waals surface area (Å²) in [7, 11) is 0. The van der Waals surface area contributed by atoms with Gasteiger partial charge in [-0.05, 0) is 31.5 Å². The van der Waals surface area contributed by atoms with E-state index < -0.39 is 6.10 Å². The Morgan fingerprint density at radius 3 is 2.44 bits per heavy atom. The second-order valence-electron chi connectivity index (χ2n) is 3.15. The van der Waals surface area contributed by atoms with Crippen LogP contribution in [0.15, 0.2) is 18.2 Å². The van der Waals surface area contributed by atoms with Crippen molar-refractivity contribution in [2.75, 3.05) is 13.2 Å². The van der Waals surface area contributed by atoms with E-state index in [1.54, 1.807) is 18.2 Å². The van der Waals surface area contributed by atoms with E-state index in [0.717, 1.165) is 0 Å². The Bertz CT molecular complexity index is 349. The van der Waals surface area contributed by atoms with Gasteiger partial charge in [0, 0.05) is 0 Å². The molecule has 0 aliphatic carbocycles. The largest absolute Gasteiger partial charge is 0.490 e. The molecule has 16 heavy (non-hydrogen) atoms. The van der Waals surface area contributed by atoms with E-state index in [2.05, 4.69) is 0 Å². The zero-order chi connectivity index (χ0) is 12.0. The maximum atomic E-state index is 10.5. The summed E-state index contributed by atoms with van der Waals surface area (Å²) in [6.07, 6.45) is -0.638. The van der Waals surface area contributed by atoms with Crippen LogP contribution in [0.2, 0.25) is 0 Å². The topological polar surface area (TPSA) is 55.8 Å². The van der Waals surface area contributed by atoms with Gasteiger partial charge in [0.2, 0.25) is 0 Å². The third-order valence-corrected chi connectivity index (χ3v) is 2.04. The lowest BCUT2D eigenvalue weighted by molar-refractivity contribution is -0.115. The molecule has 4 heteroatoms. The minimum atomic E-state index is -1.12. The van der Waals surface area contributed by atoms with Crippen LogP contribution in [-0.4, -0.2) is 24.6 Å². The number of aliphatic hydroxyl groups excluding tert-OH is 1. The van der Waals surface area contributed by atoms with E-state index in [1.165, 1.54) is 0 Å². The third-order valence-electron chi connectivity index (χ3n) is 2.04. The minimum absolute atomic E-state index is 0.478. The molecular formula is C12H16O4. The number of carbonyl (C=O) groups is 1. The zero-order valence-corrected chi connectivity index (χ0v) is 9.47. The van der Waals surface area contributed by atoms with Crippen molar-refractivity contribution in [1.82, 2.24) is 0 Å². The first kappa shape index (κ1) is 12.5. The maximum Gasteiger partial charge on any atom is 0.161 e. The van der Waals surface area contributed by atoms with Gasteiger partial charge in [-0.2, -0.15) is 0 Å². The number of aliphatic hydroxyl groups is 1. The van der Waals surface area contributed by atoms with Gasteiger partial charge in [0.25, 0.3) is 0 Å². The fourth-order valence-corrected chi connectivity index (χ4v) is 1.33. The van der Waals surface area contributed by atoms with Crippen LogP contribution >= 0.6 is 0 Å². The number of rotatable bonds is 6. The van der Waals surface area contributed by atoms with E-state index in [4.69, 9.17) is 9.47 Å². The smallest absolute Gasteiger partial charge is 0.161 e. The van der Waals surface area contributed by atoms with Crippen molar-refractivity contribution in [3.63, 3.8) is 0 Å². The van der Waals surface area contributed by atoms with Gasteiger partial charge < -0.3 is 19.4 Å². The summed E-state index contributed by atoms with van der Waals surface area (Å²) in [5, 5.41) is 9.38. The summed E-state index contributed by atoms with van der Waals surface area (Å²) < 4.78 is 10.7. The molecule has 88 valence electrons. The summed E-state index contributed by atoms with van der Waals surface area (Å²) >= 11 is 0. The van der Waals surface area contributed by atoms with Crippen molar-refractivity contribution in [1.29, 1.82) is 0 Å². The Kier molecular flexibility index (Phi) is 4.79. The van der Waals surface area contributed by atoms with Gasteiger partial charge in [0.1, 0.15) is 6.10 Å². The highest BCUT2D eigenvalue weighted by molar-refractivity contribution is 5.61. The number of aldehydes is 1. The molecule has 0 amide bonds. The highest BCUT2D eigenvalue weighted by Gasteiger charge is 2.11. The Balaban J connectivity index is 3.01. The first-order chi connectivity index (χ1) is 7.72. The zero-order valence-electron chi connectivity index (χ0n) is 9.47. The molecule has 0 radical (unpaired) electrons. The van der Waals surface area contributed by atoms with Crippen LogP contribution in [0.5, 0.6) is 11.5 Å². The predicted octanol–water partition coefficient (Wildman–Crippen LogP) is 1.72. The van der Waals surface area contributed by atoms with Crippen molar-refractivity contribution in [2.24, 2.45) is 0 Å². The quantitative estimate of drug-likeness (QED) is 0.747. The molecule has 1 aromatic carbocycles. The molecule has 1 unspecified atom stereocenters. The van der Waals surface area contributed by atoms with Crippen molar-refractivity contribution in [2.45, 2.75) is 20.0 Å². The van der Waals surface area contributed by atoms with Crippen molar-refractivity contribution in [3.05, 3.63) is 23.8 Å². The number of hydrogen-bond donors (Lipinski definition) is 1. The first-order valence-electron chi connectivity index (χ1n) is 5.25. The van der Waals surface area contributed by atoms with Crippen molar-refractivity contribution < 1.29 is 19.4 Å². The Morgan fingerprint density at radius 1 is 1.25 bits per heavy atom. The molecule has 1 N–H and O–H groups in total. The molecule has 0 spiro atoms. The monoisotopic (exact) mass is 224 g/mol. The number of hydrogen-bond acceptors (Lipinski definition) is 4. The minimum Gasteiger partial charge on any atom is -0.490 e. The Morgan fingerprint density at radius 2 is 1.88 bits per heavy atom. The van der Waals surface area contributed by atoms with Crippen LogP contribution in [0.1, 0.15) is 25.5 Å². The number of carbonyl (C=O) groups excluding carboxylic acids is 1.